The summed E-state index contributed by atoms with van der Waals surface area (Å²) in [5.74, 6) is 1.02. The highest BCUT2D eigenvalue weighted by Crippen LogP contribution is 2.25. The molecular formula is C21H22BrClN8O2. The fourth-order valence-electron chi connectivity index (χ4n) is 2.83. The standard InChI is InChI=1S/C21H22BrClN8O2/c1-4-30(5-2)21-27-19(25-15-8-6-13(3)17(23)11-15)26-20(28-21)29-24-12-14-7-9-16(22)18(10-14)31(32)33/h6-12H,4-5H2,1-3H3,(H2,25,26,27,28,29)/b24-12-. The van der Waals surface area contributed by atoms with Crippen LogP contribution in [0.15, 0.2) is 46.0 Å². The Morgan fingerprint density at radius 1 is 1.15 bits per heavy atom. The molecule has 0 spiro atoms. The first-order chi connectivity index (χ1) is 15.8. The summed E-state index contributed by atoms with van der Waals surface area (Å²) >= 11 is 9.39. The molecule has 33 heavy (non-hydrogen) atoms. The van der Waals surface area contributed by atoms with E-state index in [2.05, 4.69) is 46.7 Å². The van der Waals surface area contributed by atoms with Gasteiger partial charge in [-0.15, -0.1) is 0 Å². The predicted molar refractivity (Wildman–Crippen MR) is 135 cm³/mol. The van der Waals surface area contributed by atoms with Gasteiger partial charge in [0.2, 0.25) is 17.8 Å². The maximum absolute atomic E-state index is 11.1. The van der Waals surface area contributed by atoms with Crippen LogP contribution in [0.3, 0.4) is 0 Å². The molecular weight excluding hydrogens is 512 g/mol. The van der Waals surface area contributed by atoms with Gasteiger partial charge in [0, 0.05) is 35.4 Å². The quantitative estimate of drug-likeness (QED) is 0.209. The lowest BCUT2D eigenvalue weighted by Gasteiger charge is -2.19. The molecule has 0 aliphatic heterocycles. The molecule has 0 radical (unpaired) electrons. The first-order valence-corrected chi connectivity index (χ1v) is 11.2. The van der Waals surface area contributed by atoms with Crippen molar-refractivity contribution in [1.29, 1.82) is 0 Å². The van der Waals surface area contributed by atoms with Crippen LogP contribution in [0.1, 0.15) is 25.0 Å². The Balaban J connectivity index is 1.87. The summed E-state index contributed by atoms with van der Waals surface area (Å²) in [6.45, 7) is 7.36. The molecule has 1 aromatic heterocycles. The van der Waals surface area contributed by atoms with Gasteiger partial charge in [-0.25, -0.2) is 5.43 Å². The number of rotatable bonds is 9. The van der Waals surface area contributed by atoms with Crippen molar-refractivity contribution >= 4 is 63.0 Å². The van der Waals surface area contributed by atoms with E-state index in [9.17, 15) is 10.1 Å². The van der Waals surface area contributed by atoms with Crippen molar-refractivity contribution in [3.05, 3.63) is 67.1 Å². The number of anilines is 4. The third kappa shape index (κ3) is 6.36. The van der Waals surface area contributed by atoms with E-state index in [0.717, 1.165) is 11.3 Å². The molecule has 0 unspecified atom stereocenters. The zero-order valence-corrected chi connectivity index (χ0v) is 20.6. The van der Waals surface area contributed by atoms with Crippen molar-refractivity contribution in [2.45, 2.75) is 20.8 Å². The van der Waals surface area contributed by atoms with Crippen LogP contribution in [0.4, 0.5) is 29.2 Å². The monoisotopic (exact) mass is 532 g/mol. The maximum atomic E-state index is 11.1. The van der Waals surface area contributed by atoms with Crippen molar-refractivity contribution in [3.63, 3.8) is 0 Å². The van der Waals surface area contributed by atoms with E-state index in [-0.39, 0.29) is 11.6 Å². The molecule has 0 fully saturated rings. The van der Waals surface area contributed by atoms with Gasteiger partial charge >= 0.3 is 0 Å². The molecule has 1 heterocycles. The lowest BCUT2D eigenvalue weighted by Crippen LogP contribution is -2.25. The Hall–Kier alpha value is -3.31. The Labute approximate surface area is 204 Å². The molecule has 10 nitrogen and oxygen atoms in total. The number of hydrogen-bond acceptors (Lipinski definition) is 9. The summed E-state index contributed by atoms with van der Waals surface area (Å²) in [5.41, 5.74) is 4.97. The van der Waals surface area contributed by atoms with Crippen LogP contribution < -0.4 is 15.6 Å². The molecule has 0 amide bonds. The highest BCUT2D eigenvalue weighted by Gasteiger charge is 2.13. The molecule has 12 heteroatoms. The molecule has 0 saturated carbocycles. The number of nitro benzene ring substituents is 1. The summed E-state index contributed by atoms with van der Waals surface area (Å²) in [6.07, 6.45) is 1.45. The topological polar surface area (TPSA) is 121 Å². The maximum Gasteiger partial charge on any atom is 0.284 e. The second kappa shape index (κ2) is 11.0. The number of nitrogens with one attached hydrogen (secondary N) is 2. The third-order valence-electron chi connectivity index (χ3n) is 4.64. The van der Waals surface area contributed by atoms with Gasteiger partial charge < -0.3 is 10.2 Å². The third-order valence-corrected chi connectivity index (χ3v) is 5.72. The SMILES string of the molecule is CCN(CC)c1nc(N/N=C\c2ccc(Br)c([N+](=O)[O-])c2)nc(Nc2ccc(C)c(Cl)c2)n1. The van der Waals surface area contributed by atoms with E-state index < -0.39 is 4.92 Å². The molecule has 2 N–H and O–H groups in total. The molecule has 0 aliphatic rings. The minimum atomic E-state index is -0.466. The number of aromatic nitrogens is 3. The fraction of sp³-hybridized carbons (Fsp3) is 0.238. The molecule has 3 rings (SSSR count). The summed E-state index contributed by atoms with van der Waals surface area (Å²) in [5, 5.41) is 19.0. The van der Waals surface area contributed by atoms with Crippen molar-refractivity contribution in [3.8, 4) is 0 Å². The fourth-order valence-corrected chi connectivity index (χ4v) is 3.40. The van der Waals surface area contributed by atoms with Gasteiger partial charge in [0.15, 0.2) is 0 Å². The normalized spacial score (nSPS) is 10.9. The largest absolute Gasteiger partial charge is 0.341 e. The number of hydrazone groups is 1. The second-order valence-electron chi connectivity index (χ2n) is 6.88. The Morgan fingerprint density at radius 2 is 1.88 bits per heavy atom. The molecule has 2 aromatic carbocycles. The van der Waals surface area contributed by atoms with Crippen LogP contribution in [-0.4, -0.2) is 39.2 Å². The van der Waals surface area contributed by atoms with Gasteiger partial charge in [-0.3, -0.25) is 10.1 Å². The van der Waals surface area contributed by atoms with Crippen LogP contribution in [-0.2, 0) is 0 Å². The Morgan fingerprint density at radius 3 is 2.55 bits per heavy atom. The number of benzene rings is 2. The lowest BCUT2D eigenvalue weighted by molar-refractivity contribution is -0.385. The minimum Gasteiger partial charge on any atom is -0.341 e. The molecule has 0 aliphatic carbocycles. The number of aryl methyl sites for hydroxylation is 1. The van der Waals surface area contributed by atoms with E-state index in [1.54, 1.807) is 18.2 Å². The van der Waals surface area contributed by atoms with Crippen molar-refractivity contribution in [1.82, 2.24) is 15.0 Å². The zero-order valence-electron chi connectivity index (χ0n) is 18.2. The molecule has 0 atom stereocenters. The number of nitrogens with zero attached hydrogens (tertiary/aromatic N) is 6. The highest BCUT2D eigenvalue weighted by molar-refractivity contribution is 9.10. The summed E-state index contributed by atoms with van der Waals surface area (Å²) in [4.78, 5) is 26.0. The van der Waals surface area contributed by atoms with Gasteiger partial charge in [0.25, 0.3) is 5.69 Å². The van der Waals surface area contributed by atoms with Gasteiger partial charge in [0.05, 0.1) is 15.6 Å². The van der Waals surface area contributed by atoms with E-state index in [1.807, 2.05) is 37.8 Å². The molecule has 0 saturated heterocycles. The zero-order chi connectivity index (χ0) is 24.0. The van der Waals surface area contributed by atoms with Gasteiger partial charge in [-0.1, -0.05) is 23.7 Å². The first kappa shape index (κ1) is 24.3. The van der Waals surface area contributed by atoms with Crippen molar-refractivity contribution in [2.75, 3.05) is 28.7 Å². The first-order valence-electron chi connectivity index (χ1n) is 10.1. The van der Waals surface area contributed by atoms with Gasteiger partial charge in [-0.2, -0.15) is 20.1 Å². The summed E-state index contributed by atoms with van der Waals surface area (Å²) in [7, 11) is 0. The van der Waals surface area contributed by atoms with E-state index in [0.29, 0.717) is 40.0 Å². The van der Waals surface area contributed by atoms with Crippen LogP contribution in [0.5, 0.6) is 0 Å². The van der Waals surface area contributed by atoms with Crippen LogP contribution in [0, 0.1) is 17.0 Å². The smallest absolute Gasteiger partial charge is 0.284 e. The van der Waals surface area contributed by atoms with Crippen molar-refractivity contribution in [2.24, 2.45) is 5.10 Å². The Bertz CT molecular complexity index is 1190. The second-order valence-corrected chi connectivity index (χ2v) is 8.14. The summed E-state index contributed by atoms with van der Waals surface area (Å²) in [6, 6.07) is 10.3. The van der Waals surface area contributed by atoms with Crippen LogP contribution in [0.2, 0.25) is 5.02 Å². The van der Waals surface area contributed by atoms with E-state index in [1.165, 1.54) is 12.3 Å². The molecule has 172 valence electrons. The lowest BCUT2D eigenvalue weighted by atomic mass is 10.2. The molecule has 0 bridgehead atoms. The Kier molecular flexibility index (Phi) is 8.12. The van der Waals surface area contributed by atoms with E-state index in [4.69, 9.17) is 11.6 Å². The van der Waals surface area contributed by atoms with Gasteiger partial charge in [0.1, 0.15) is 0 Å². The van der Waals surface area contributed by atoms with Gasteiger partial charge in [-0.05, 0) is 60.5 Å². The predicted octanol–water partition coefficient (Wildman–Crippen LogP) is 5.54. The summed E-state index contributed by atoms with van der Waals surface area (Å²) < 4.78 is 0.394. The average molecular weight is 534 g/mol. The highest BCUT2D eigenvalue weighted by atomic mass is 79.9. The van der Waals surface area contributed by atoms with Crippen molar-refractivity contribution < 1.29 is 4.92 Å². The molecule has 3 aromatic rings. The van der Waals surface area contributed by atoms with Crippen LogP contribution >= 0.6 is 27.5 Å². The average Bonchev–Trinajstić information content (AvgIpc) is 2.78. The minimum absolute atomic E-state index is 0.0498. The number of hydrogen-bond donors (Lipinski definition) is 2. The van der Waals surface area contributed by atoms with Crippen LogP contribution in [0.25, 0.3) is 0 Å². The van der Waals surface area contributed by atoms with E-state index >= 15 is 0 Å². The number of nitro groups is 1. The number of halogens is 2.